The van der Waals surface area contributed by atoms with Crippen LogP contribution in [0.1, 0.15) is 21.7 Å². The Bertz CT molecular complexity index is 1100. The molecule has 4 rings (SSSR count). The molecule has 27 heavy (non-hydrogen) atoms. The van der Waals surface area contributed by atoms with Gasteiger partial charge in [-0.25, -0.2) is 0 Å². The highest BCUT2D eigenvalue weighted by Crippen LogP contribution is 2.36. The van der Waals surface area contributed by atoms with E-state index in [4.69, 9.17) is 16.0 Å². The van der Waals surface area contributed by atoms with Crippen molar-refractivity contribution in [3.05, 3.63) is 94.7 Å². The van der Waals surface area contributed by atoms with Crippen LogP contribution in [0.2, 0.25) is 5.02 Å². The van der Waals surface area contributed by atoms with E-state index in [1.807, 2.05) is 79.7 Å². The van der Waals surface area contributed by atoms with E-state index in [0.717, 1.165) is 27.5 Å². The largest absolute Gasteiger partial charge is 0.450 e. The van der Waals surface area contributed by atoms with Gasteiger partial charge >= 0.3 is 0 Å². The van der Waals surface area contributed by atoms with Crippen LogP contribution in [0.4, 0.5) is 0 Å². The molecule has 0 aliphatic carbocycles. The Morgan fingerprint density at radius 1 is 0.963 bits per heavy atom. The average Bonchev–Trinajstić information content (AvgIpc) is 3.09. The first-order valence-electron chi connectivity index (χ1n) is 8.73. The molecule has 4 heteroatoms. The average molecular weight is 376 g/mol. The van der Waals surface area contributed by atoms with Gasteiger partial charge in [-0.2, -0.15) is 0 Å². The number of aryl methyl sites for hydroxylation is 1. The number of amides is 1. The monoisotopic (exact) mass is 375 g/mol. The first kappa shape index (κ1) is 17.4. The second-order valence-corrected chi connectivity index (χ2v) is 6.87. The Morgan fingerprint density at radius 3 is 2.44 bits per heavy atom. The van der Waals surface area contributed by atoms with Gasteiger partial charge < -0.3 is 9.73 Å². The third-order valence-electron chi connectivity index (χ3n) is 4.56. The molecule has 0 radical (unpaired) electrons. The summed E-state index contributed by atoms with van der Waals surface area (Å²) >= 11 is 6.00. The molecule has 1 amide bonds. The quantitative estimate of drug-likeness (QED) is 0.476. The third kappa shape index (κ3) is 3.46. The molecule has 0 spiro atoms. The second kappa shape index (κ2) is 7.29. The molecule has 3 nitrogen and oxygen atoms in total. The van der Waals surface area contributed by atoms with Crippen LogP contribution in [0.15, 0.2) is 77.2 Å². The number of carbonyl (C=O) groups excluding carboxylic acids is 1. The zero-order valence-corrected chi connectivity index (χ0v) is 15.6. The molecule has 1 N–H and O–H groups in total. The molecule has 0 bridgehead atoms. The van der Waals surface area contributed by atoms with Crippen molar-refractivity contribution in [3.8, 4) is 11.3 Å². The molecule has 0 aliphatic rings. The van der Waals surface area contributed by atoms with Gasteiger partial charge in [0.25, 0.3) is 5.91 Å². The standard InChI is InChI=1S/C23H18ClNO2/c1-15-6-5-9-19-20(15)22(23(26)25-14-16-7-3-2-4-8-16)27-21(19)17-10-12-18(24)13-11-17/h2-13H,14H2,1H3,(H,25,26). The minimum absolute atomic E-state index is 0.224. The van der Waals surface area contributed by atoms with E-state index >= 15 is 0 Å². The van der Waals surface area contributed by atoms with Gasteiger partial charge in [-0.05, 0) is 42.3 Å². The van der Waals surface area contributed by atoms with Gasteiger partial charge in [0.2, 0.25) is 0 Å². The van der Waals surface area contributed by atoms with Crippen LogP contribution >= 0.6 is 11.6 Å². The van der Waals surface area contributed by atoms with Crippen molar-refractivity contribution in [2.24, 2.45) is 0 Å². The SMILES string of the molecule is Cc1cccc2c(-c3ccc(Cl)cc3)oc(C(=O)NCc3ccccc3)c12. The van der Waals surface area contributed by atoms with Gasteiger partial charge in [0, 0.05) is 27.9 Å². The maximum atomic E-state index is 12.9. The number of hydrogen-bond donors (Lipinski definition) is 1. The fourth-order valence-electron chi connectivity index (χ4n) is 3.20. The molecule has 134 valence electrons. The van der Waals surface area contributed by atoms with Crippen LogP contribution < -0.4 is 5.32 Å². The van der Waals surface area contributed by atoms with Crippen LogP contribution in [0.5, 0.6) is 0 Å². The topological polar surface area (TPSA) is 42.2 Å². The van der Waals surface area contributed by atoms with E-state index in [1.54, 1.807) is 0 Å². The van der Waals surface area contributed by atoms with E-state index in [-0.39, 0.29) is 5.91 Å². The zero-order valence-electron chi connectivity index (χ0n) is 14.8. The Hall–Kier alpha value is -3.04. The number of fused-ring (bicyclic) bond motifs is 1. The maximum absolute atomic E-state index is 12.9. The highest BCUT2D eigenvalue weighted by atomic mass is 35.5. The first-order chi connectivity index (χ1) is 13.1. The molecule has 0 aliphatic heterocycles. The number of benzene rings is 3. The van der Waals surface area contributed by atoms with Gasteiger partial charge in [0.05, 0.1) is 0 Å². The van der Waals surface area contributed by atoms with Gasteiger partial charge in [-0.15, -0.1) is 0 Å². The molecule has 0 saturated heterocycles. The lowest BCUT2D eigenvalue weighted by molar-refractivity contribution is 0.0926. The number of furan rings is 1. The molecule has 1 aromatic heterocycles. The van der Waals surface area contributed by atoms with E-state index in [0.29, 0.717) is 23.1 Å². The summed E-state index contributed by atoms with van der Waals surface area (Å²) in [6.07, 6.45) is 0. The van der Waals surface area contributed by atoms with Crippen molar-refractivity contribution in [1.29, 1.82) is 0 Å². The van der Waals surface area contributed by atoms with Crippen molar-refractivity contribution < 1.29 is 9.21 Å². The fraction of sp³-hybridized carbons (Fsp3) is 0.0870. The van der Waals surface area contributed by atoms with E-state index < -0.39 is 0 Å². The Labute approximate surface area is 162 Å². The summed E-state index contributed by atoms with van der Waals surface area (Å²) in [5.41, 5.74) is 2.93. The summed E-state index contributed by atoms with van der Waals surface area (Å²) < 4.78 is 6.07. The number of halogens is 1. The lowest BCUT2D eigenvalue weighted by Crippen LogP contribution is -2.22. The second-order valence-electron chi connectivity index (χ2n) is 6.43. The third-order valence-corrected chi connectivity index (χ3v) is 4.81. The molecule has 0 unspecified atom stereocenters. The zero-order chi connectivity index (χ0) is 18.8. The van der Waals surface area contributed by atoms with Gasteiger partial charge in [0.15, 0.2) is 5.76 Å². The highest BCUT2D eigenvalue weighted by molar-refractivity contribution is 6.30. The van der Waals surface area contributed by atoms with Gasteiger partial charge in [-0.1, -0.05) is 60.1 Å². The lowest BCUT2D eigenvalue weighted by atomic mass is 10.0. The molecule has 1 heterocycles. The summed E-state index contributed by atoms with van der Waals surface area (Å²) in [6.45, 7) is 2.43. The number of carbonyl (C=O) groups is 1. The first-order valence-corrected chi connectivity index (χ1v) is 9.11. The van der Waals surface area contributed by atoms with Crippen molar-refractivity contribution in [2.45, 2.75) is 13.5 Å². The van der Waals surface area contributed by atoms with E-state index in [1.165, 1.54) is 0 Å². The smallest absolute Gasteiger partial charge is 0.287 e. The maximum Gasteiger partial charge on any atom is 0.287 e. The molecule has 0 atom stereocenters. The summed E-state index contributed by atoms with van der Waals surface area (Å²) in [5, 5.41) is 5.37. The molecular formula is C23H18ClNO2. The number of hydrogen-bond acceptors (Lipinski definition) is 2. The number of nitrogens with one attached hydrogen (secondary N) is 1. The predicted molar refractivity (Wildman–Crippen MR) is 109 cm³/mol. The summed E-state index contributed by atoms with van der Waals surface area (Å²) in [6, 6.07) is 23.2. The van der Waals surface area contributed by atoms with Gasteiger partial charge in [-0.3, -0.25) is 4.79 Å². The molecule has 3 aromatic carbocycles. The Morgan fingerprint density at radius 2 is 1.70 bits per heavy atom. The summed E-state index contributed by atoms with van der Waals surface area (Å²) in [5.74, 6) is 0.789. The minimum atomic E-state index is -0.224. The minimum Gasteiger partial charge on any atom is -0.450 e. The molecular weight excluding hydrogens is 358 g/mol. The van der Waals surface area contributed by atoms with E-state index in [9.17, 15) is 4.79 Å². The van der Waals surface area contributed by atoms with Crippen molar-refractivity contribution in [1.82, 2.24) is 5.32 Å². The predicted octanol–water partition coefficient (Wildman–Crippen LogP) is 5.99. The molecule has 4 aromatic rings. The number of rotatable bonds is 4. The van der Waals surface area contributed by atoms with Crippen LogP contribution in [-0.4, -0.2) is 5.91 Å². The van der Waals surface area contributed by atoms with Crippen molar-refractivity contribution in [2.75, 3.05) is 0 Å². The summed E-state index contributed by atoms with van der Waals surface area (Å²) in [4.78, 5) is 12.9. The van der Waals surface area contributed by atoms with Crippen LogP contribution in [-0.2, 0) is 6.54 Å². The highest BCUT2D eigenvalue weighted by Gasteiger charge is 2.21. The van der Waals surface area contributed by atoms with Crippen molar-refractivity contribution >= 4 is 28.3 Å². The van der Waals surface area contributed by atoms with Crippen LogP contribution in [0.3, 0.4) is 0 Å². The normalized spacial score (nSPS) is 10.9. The van der Waals surface area contributed by atoms with E-state index in [2.05, 4.69) is 5.32 Å². The summed E-state index contributed by atoms with van der Waals surface area (Å²) in [7, 11) is 0. The molecule has 0 fully saturated rings. The van der Waals surface area contributed by atoms with Crippen LogP contribution in [0.25, 0.3) is 22.1 Å². The van der Waals surface area contributed by atoms with Gasteiger partial charge in [0.1, 0.15) is 5.76 Å². The molecule has 0 saturated carbocycles. The fourth-order valence-corrected chi connectivity index (χ4v) is 3.33. The van der Waals surface area contributed by atoms with Crippen LogP contribution in [0, 0.1) is 6.92 Å². The van der Waals surface area contributed by atoms with Crippen molar-refractivity contribution in [3.63, 3.8) is 0 Å². The Balaban J connectivity index is 1.74. The lowest BCUT2D eigenvalue weighted by Gasteiger charge is -2.04. The Kier molecular flexibility index (Phi) is 4.69.